The Morgan fingerprint density at radius 1 is 1.06 bits per heavy atom. The van der Waals surface area contributed by atoms with E-state index in [2.05, 4.69) is 0 Å². The molecule has 0 atom stereocenters. The van der Waals surface area contributed by atoms with Gasteiger partial charge in [0, 0.05) is 0 Å². The molecule has 0 aromatic rings. The van der Waals surface area contributed by atoms with E-state index < -0.39 is 19.9 Å². The molecule has 0 heterocycles. The van der Waals surface area contributed by atoms with E-state index in [1.165, 1.54) is 0 Å². The van der Waals surface area contributed by atoms with Crippen LogP contribution < -0.4 is 29.6 Å². The van der Waals surface area contributed by atoms with Crippen LogP contribution in [0.4, 0.5) is 8.39 Å². The van der Waals surface area contributed by atoms with Gasteiger partial charge in [-0.15, -0.1) is 8.39 Å². The Kier molecular flexibility index (Phi) is 35.2. The number of halogens is 2. The molecule has 0 spiro atoms. The van der Waals surface area contributed by atoms with Crippen molar-refractivity contribution in [1.82, 2.24) is 0 Å². The number of carboxylic acid groups (broad SMARTS) is 2. The molecule has 0 saturated heterocycles. The van der Waals surface area contributed by atoms with Crippen LogP contribution in [0.25, 0.3) is 0 Å². The number of hydrogen-bond acceptors (Lipinski definition) is 7. The van der Waals surface area contributed by atoms with Crippen LogP contribution in [0.3, 0.4) is 0 Å². The summed E-state index contributed by atoms with van der Waals surface area (Å²) in [7, 11) is -5.64. The molecule has 0 aromatic carbocycles. The molecule has 0 fully saturated rings. The molecule has 0 radical (unpaired) electrons. The number of aliphatic carboxylic acids is 2. The molecule has 14 heteroatoms. The summed E-state index contributed by atoms with van der Waals surface area (Å²) in [6.45, 7) is 0. The molecule has 5 N–H and O–H groups in total. The van der Waals surface area contributed by atoms with E-state index >= 15 is 0 Å². The normalized spacial score (nSPS) is 6.61. The third-order valence-corrected chi connectivity index (χ3v) is 0.183. The summed E-state index contributed by atoms with van der Waals surface area (Å²) in [6, 6.07) is 0. The SMILES string of the molecule is N=C=O.N=C=O.O=C(O)C(=O)O.O=P(O)(F)F.[H-].[Na+]. The quantitative estimate of drug-likeness (QED) is 0.103. The van der Waals surface area contributed by atoms with Gasteiger partial charge in [0.2, 0.25) is 12.2 Å². The third-order valence-electron chi connectivity index (χ3n) is 0.183. The maximum absolute atomic E-state index is 10.1. The van der Waals surface area contributed by atoms with Crippen molar-refractivity contribution in [1.29, 1.82) is 10.8 Å². The minimum atomic E-state index is -5.64. The van der Waals surface area contributed by atoms with Crippen LogP contribution >= 0.6 is 7.99 Å². The van der Waals surface area contributed by atoms with E-state index in [9.17, 15) is 8.39 Å². The maximum atomic E-state index is 10.1. The minimum Gasteiger partial charge on any atom is -1.00 e. The second-order valence-corrected chi connectivity index (χ2v) is 2.12. The van der Waals surface area contributed by atoms with E-state index in [0.717, 1.165) is 12.2 Å². The number of hydrogen-bond donors (Lipinski definition) is 5. The summed E-state index contributed by atoms with van der Waals surface area (Å²) in [6.07, 6.45) is 1.50. The van der Waals surface area contributed by atoms with Gasteiger partial charge in [0.15, 0.2) is 0 Å². The zero-order valence-electron chi connectivity index (χ0n) is 9.59. The first kappa shape index (κ1) is 30.1. The monoisotopic (exact) mass is 302 g/mol. The Balaban J connectivity index is -0.0000000299. The Labute approximate surface area is 121 Å². The first-order valence-corrected chi connectivity index (χ1v) is 4.18. The Morgan fingerprint density at radius 2 is 1.11 bits per heavy atom. The molecular formula is C4H6F2N2NaO8P. The van der Waals surface area contributed by atoms with E-state index in [1.54, 1.807) is 0 Å². The van der Waals surface area contributed by atoms with Crippen LogP contribution in [0.5, 0.6) is 0 Å². The fourth-order valence-corrected chi connectivity index (χ4v) is 0. The van der Waals surface area contributed by atoms with Gasteiger partial charge in [0.1, 0.15) is 0 Å². The van der Waals surface area contributed by atoms with Gasteiger partial charge >= 0.3 is 49.5 Å². The summed E-state index contributed by atoms with van der Waals surface area (Å²) in [5.74, 6) is -3.65. The van der Waals surface area contributed by atoms with E-state index in [1.807, 2.05) is 0 Å². The summed E-state index contributed by atoms with van der Waals surface area (Å²) >= 11 is 0. The van der Waals surface area contributed by atoms with Crippen molar-refractivity contribution in [3.63, 3.8) is 0 Å². The van der Waals surface area contributed by atoms with Crippen LogP contribution in [-0.2, 0) is 23.7 Å². The van der Waals surface area contributed by atoms with Gasteiger partial charge in [0.25, 0.3) is 0 Å². The number of carbonyl (C=O) groups is 2. The smallest absolute Gasteiger partial charge is 1.00 e. The molecule has 0 aliphatic carbocycles. The first-order valence-electron chi connectivity index (χ1n) is 2.73. The summed E-state index contributed by atoms with van der Waals surface area (Å²) in [5.41, 5.74) is 0. The van der Waals surface area contributed by atoms with Crippen molar-refractivity contribution in [2.45, 2.75) is 0 Å². The van der Waals surface area contributed by atoms with E-state index in [4.69, 9.17) is 49.7 Å². The van der Waals surface area contributed by atoms with Crippen LogP contribution in [0.15, 0.2) is 0 Å². The van der Waals surface area contributed by atoms with Gasteiger partial charge in [0.05, 0.1) is 0 Å². The second-order valence-electron chi connectivity index (χ2n) is 1.25. The van der Waals surface area contributed by atoms with Gasteiger partial charge in [-0.25, -0.2) is 34.6 Å². The van der Waals surface area contributed by atoms with Gasteiger partial charge in [-0.3, -0.25) is 4.89 Å². The minimum absolute atomic E-state index is 0. The summed E-state index contributed by atoms with van der Waals surface area (Å²) in [5, 5.41) is 25.6. The van der Waals surface area contributed by atoms with Gasteiger partial charge in [-0.2, -0.15) is 0 Å². The van der Waals surface area contributed by atoms with Crippen molar-refractivity contribution < 1.29 is 78.2 Å². The fraction of sp³-hybridized carbons (Fsp3) is 0. The average molecular weight is 302 g/mol. The molecule has 0 saturated carbocycles. The Morgan fingerprint density at radius 3 is 1.11 bits per heavy atom. The van der Waals surface area contributed by atoms with Crippen LogP contribution in [0.2, 0.25) is 0 Å². The molecule has 0 aromatic heterocycles. The average Bonchev–Trinajstić information content (AvgIpc) is 2.03. The Bertz CT molecular complexity index is 318. The topological polar surface area (TPSA) is 194 Å². The van der Waals surface area contributed by atoms with Gasteiger partial charge in [-0.1, -0.05) is 0 Å². The molecule has 100 valence electrons. The van der Waals surface area contributed by atoms with Gasteiger partial charge in [-0.05, 0) is 0 Å². The molecule has 0 amide bonds. The number of nitrogens with one attached hydrogen (secondary N) is 2. The van der Waals surface area contributed by atoms with E-state index in [0.29, 0.717) is 0 Å². The standard InChI is InChI=1S/C2H2O4.2CHNO.F2HO2P.Na.H/c3-1(4)2(5)6;2*2-1-3;1-5(2,3)4;;/h(H,3,4)(H,5,6);2*2H;(H,3,4);;/q;;;;+1;-1. The molecule has 10 nitrogen and oxygen atoms in total. The van der Waals surface area contributed by atoms with Crippen molar-refractivity contribution in [3.8, 4) is 0 Å². The van der Waals surface area contributed by atoms with E-state index in [-0.39, 0.29) is 31.0 Å². The molecule has 0 rings (SSSR count). The van der Waals surface area contributed by atoms with Gasteiger partial charge < -0.3 is 11.6 Å². The zero-order valence-corrected chi connectivity index (χ0v) is 11.5. The third kappa shape index (κ3) is 369. The summed E-state index contributed by atoms with van der Waals surface area (Å²) < 4.78 is 28.7. The number of isocyanates is 2. The Hall–Kier alpha value is -1.25. The van der Waals surface area contributed by atoms with Crippen LogP contribution in [0.1, 0.15) is 1.43 Å². The predicted molar refractivity (Wildman–Crippen MR) is 45.3 cm³/mol. The summed E-state index contributed by atoms with van der Waals surface area (Å²) in [4.78, 5) is 41.6. The number of rotatable bonds is 0. The van der Waals surface area contributed by atoms with Crippen molar-refractivity contribution in [2.24, 2.45) is 0 Å². The van der Waals surface area contributed by atoms with Crippen LogP contribution in [-0.4, -0.2) is 39.2 Å². The van der Waals surface area contributed by atoms with Crippen molar-refractivity contribution in [3.05, 3.63) is 0 Å². The molecule has 0 bridgehead atoms. The molecule has 0 unspecified atom stereocenters. The maximum Gasteiger partial charge on any atom is 1.00 e. The molecule has 18 heavy (non-hydrogen) atoms. The zero-order chi connectivity index (χ0) is 15.1. The number of carboxylic acids is 2. The van der Waals surface area contributed by atoms with Crippen molar-refractivity contribution >= 4 is 32.1 Å². The molecular weight excluding hydrogens is 296 g/mol. The first-order chi connectivity index (χ1) is 7.47. The van der Waals surface area contributed by atoms with Crippen molar-refractivity contribution in [2.75, 3.05) is 0 Å². The number of carbonyl (C=O) groups excluding carboxylic acids is 2. The predicted octanol–water partition coefficient (Wildman–Crippen LogP) is -2.90. The fourth-order valence-electron chi connectivity index (χ4n) is 0. The second kappa shape index (κ2) is 21.1. The molecule has 0 aliphatic heterocycles. The van der Waals surface area contributed by atoms with Crippen LogP contribution in [0, 0.1) is 10.8 Å². The molecule has 0 aliphatic rings. The largest absolute Gasteiger partial charge is 1.00 e.